The first kappa shape index (κ1) is 22.1. The van der Waals surface area contributed by atoms with Crippen LogP contribution in [0.1, 0.15) is 43.6 Å². The Bertz CT molecular complexity index is 1240. The van der Waals surface area contributed by atoms with Crippen molar-refractivity contribution in [3.63, 3.8) is 0 Å². The molecule has 2 aromatic carbocycles. The fraction of sp³-hybridized carbons (Fsp3) is 0.370. The lowest BCUT2D eigenvalue weighted by Gasteiger charge is -2.14. The number of rotatable bonds is 8. The number of hydrogen-bond donors (Lipinski definition) is 1. The molecule has 1 fully saturated rings. The molecule has 5 rings (SSSR count). The number of H-pyrrole nitrogens is 1. The maximum atomic E-state index is 6.25. The highest BCUT2D eigenvalue weighted by atomic mass is 35.5. The maximum absolute atomic E-state index is 6.25. The molecule has 0 amide bonds. The quantitative estimate of drug-likeness (QED) is 0.316. The highest BCUT2D eigenvalue weighted by Gasteiger charge is 2.15. The van der Waals surface area contributed by atoms with Crippen molar-refractivity contribution in [3.05, 3.63) is 70.4 Å². The van der Waals surface area contributed by atoms with E-state index in [4.69, 9.17) is 25.7 Å². The average Bonchev–Trinajstić information content (AvgIpc) is 3.53. The Morgan fingerprint density at radius 2 is 1.94 bits per heavy atom. The molecular weight excluding hydrogens is 434 g/mol. The van der Waals surface area contributed by atoms with Gasteiger partial charge in [0.2, 0.25) is 0 Å². The molecule has 0 radical (unpaired) electrons. The molecule has 172 valence electrons. The van der Waals surface area contributed by atoms with Crippen LogP contribution in [0.3, 0.4) is 0 Å². The van der Waals surface area contributed by atoms with Gasteiger partial charge in [-0.05, 0) is 79.9 Å². The van der Waals surface area contributed by atoms with Gasteiger partial charge >= 0.3 is 0 Å². The summed E-state index contributed by atoms with van der Waals surface area (Å²) in [5, 5.41) is 0.690. The van der Waals surface area contributed by atoms with E-state index < -0.39 is 0 Å². The zero-order chi connectivity index (χ0) is 22.8. The first-order chi connectivity index (χ1) is 16.0. The van der Waals surface area contributed by atoms with Crippen molar-refractivity contribution < 1.29 is 9.15 Å². The van der Waals surface area contributed by atoms with Crippen LogP contribution in [0.15, 0.2) is 52.9 Å². The van der Waals surface area contributed by atoms with E-state index in [0.717, 1.165) is 46.2 Å². The summed E-state index contributed by atoms with van der Waals surface area (Å²) in [5.41, 5.74) is 4.32. The first-order valence-corrected chi connectivity index (χ1v) is 12.1. The number of nitrogens with one attached hydrogen (secondary N) is 1. The number of aromatic amines is 1. The van der Waals surface area contributed by atoms with E-state index in [2.05, 4.69) is 41.9 Å². The van der Waals surface area contributed by atoms with Gasteiger partial charge in [0.25, 0.3) is 0 Å². The number of imidazole rings is 1. The molecule has 1 aliphatic heterocycles. The number of fused-ring (bicyclic) bond motifs is 1. The van der Waals surface area contributed by atoms with Crippen LogP contribution in [0.2, 0.25) is 5.02 Å². The second-order valence-corrected chi connectivity index (χ2v) is 9.76. The summed E-state index contributed by atoms with van der Waals surface area (Å²) in [6.45, 7) is 8.32. The van der Waals surface area contributed by atoms with E-state index in [1.165, 1.54) is 31.5 Å². The summed E-state index contributed by atoms with van der Waals surface area (Å²) in [6, 6.07) is 16.2. The number of benzene rings is 2. The molecule has 1 aliphatic rings. The van der Waals surface area contributed by atoms with Gasteiger partial charge < -0.3 is 14.1 Å². The Labute approximate surface area is 199 Å². The van der Waals surface area contributed by atoms with Gasteiger partial charge in [-0.3, -0.25) is 4.90 Å². The summed E-state index contributed by atoms with van der Waals surface area (Å²) >= 11 is 6.25. The number of aromatic nitrogens is 2. The SMILES string of the molecule is CC(C)COc1ccc(Cl)cc1Cc1ccc(-c2nc3ccc(CN4CCCC4)cc3[nH]2)o1. The van der Waals surface area contributed by atoms with Crippen molar-refractivity contribution in [2.24, 2.45) is 5.92 Å². The molecule has 0 bridgehead atoms. The fourth-order valence-corrected chi connectivity index (χ4v) is 4.54. The van der Waals surface area contributed by atoms with E-state index in [1.54, 1.807) is 0 Å². The lowest BCUT2D eigenvalue weighted by molar-refractivity contribution is 0.268. The van der Waals surface area contributed by atoms with E-state index in [0.29, 0.717) is 24.0 Å². The van der Waals surface area contributed by atoms with Crippen molar-refractivity contribution in [1.82, 2.24) is 14.9 Å². The lowest BCUT2D eigenvalue weighted by atomic mass is 10.1. The number of hydrogen-bond acceptors (Lipinski definition) is 4. The van der Waals surface area contributed by atoms with Gasteiger partial charge in [0.05, 0.1) is 17.6 Å². The van der Waals surface area contributed by atoms with Crippen molar-refractivity contribution in [3.8, 4) is 17.3 Å². The van der Waals surface area contributed by atoms with Gasteiger partial charge in [-0.15, -0.1) is 0 Å². The Balaban J connectivity index is 1.34. The van der Waals surface area contributed by atoms with Crippen molar-refractivity contribution >= 4 is 22.6 Å². The average molecular weight is 464 g/mol. The zero-order valence-electron chi connectivity index (χ0n) is 19.2. The monoisotopic (exact) mass is 463 g/mol. The minimum Gasteiger partial charge on any atom is -0.493 e. The number of furan rings is 1. The summed E-state index contributed by atoms with van der Waals surface area (Å²) in [6.07, 6.45) is 3.21. The predicted octanol–water partition coefficient (Wildman–Crippen LogP) is 6.70. The van der Waals surface area contributed by atoms with E-state index in [9.17, 15) is 0 Å². The second-order valence-electron chi connectivity index (χ2n) is 9.32. The van der Waals surface area contributed by atoms with Crippen LogP contribution in [0.4, 0.5) is 0 Å². The fourth-order valence-electron chi connectivity index (χ4n) is 4.34. The minimum absolute atomic E-state index is 0.452. The lowest BCUT2D eigenvalue weighted by Crippen LogP contribution is -2.18. The third kappa shape index (κ3) is 5.26. The predicted molar refractivity (Wildman–Crippen MR) is 133 cm³/mol. The van der Waals surface area contributed by atoms with Crippen molar-refractivity contribution in [1.29, 1.82) is 0 Å². The topological polar surface area (TPSA) is 54.3 Å². The highest BCUT2D eigenvalue weighted by molar-refractivity contribution is 6.30. The minimum atomic E-state index is 0.452. The van der Waals surface area contributed by atoms with Gasteiger partial charge in [-0.1, -0.05) is 31.5 Å². The Morgan fingerprint density at radius 1 is 1.09 bits per heavy atom. The van der Waals surface area contributed by atoms with E-state index in [1.807, 2.05) is 30.3 Å². The summed E-state index contributed by atoms with van der Waals surface area (Å²) in [7, 11) is 0. The van der Waals surface area contributed by atoms with Crippen LogP contribution in [0.5, 0.6) is 5.75 Å². The van der Waals surface area contributed by atoms with E-state index in [-0.39, 0.29) is 0 Å². The normalized spacial score (nSPS) is 14.5. The third-order valence-corrected chi connectivity index (χ3v) is 6.24. The molecule has 5 nitrogen and oxygen atoms in total. The molecule has 4 aromatic rings. The first-order valence-electron chi connectivity index (χ1n) is 11.7. The van der Waals surface area contributed by atoms with Gasteiger partial charge in [0, 0.05) is 23.6 Å². The maximum Gasteiger partial charge on any atom is 0.174 e. The van der Waals surface area contributed by atoms with Gasteiger partial charge in [0.1, 0.15) is 11.5 Å². The molecule has 1 N–H and O–H groups in total. The Morgan fingerprint density at radius 3 is 2.76 bits per heavy atom. The Hall–Kier alpha value is -2.76. The van der Waals surface area contributed by atoms with Gasteiger partial charge in [-0.2, -0.15) is 0 Å². The molecule has 0 saturated carbocycles. The molecule has 0 unspecified atom stereocenters. The Kier molecular flexibility index (Phi) is 6.43. The number of nitrogens with zero attached hydrogens (tertiary/aromatic N) is 2. The third-order valence-electron chi connectivity index (χ3n) is 6.01. The van der Waals surface area contributed by atoms with Crippen molar-refractivity contribution in [2.75, 3.05) is 19.7 Å². The molecule has 0 atom stereocenters. The van der Waals surface area contributed by atoms with Crippen molar-refractivity contribution in [2.45, 2.75) is 39.7 Å². The smallest absolute Gasteiger partial charge is 0.174 e. The van der Waals surface area contributed by atoms with Crippen LogP contribution < -0.4 is 4.74 Å². The number of ether oxygens (including phenoxy) is 1. The van der Waals surface area contributed by atoms with Crippen LogP contribution in [0, 0.1) is 5.92 Å². The second kappa shape index (κ2) is 9.62. The van der Waals surface area contributed by atoms with Crippen LogP contribution in [-0.2, 0) is 13.0 Å². The molecule has 2 aromatic heterocycles. The zero-order valence-corrected chi connectivity index (χ0v) is 20.0. The molecule has 33 heavy (non-hydrogen) atoms. The van der Waals surface area contributed by atoms with Crippen LogP contribution in [-0.4, -0.2) is 34.6 Å². The number of likely N-dealkylation sites (tertiary alicyclic amines) is 1. The highest BCUT2D eigenvalue weighted by Crippen LogP contribution is 2.29. The standard InChI is InChI=1S/C27H30ClN3O2/c1-18(2)17-32-25-9-6-21(28)14-20(25)15-22-7-10-26(33-22)27-29-23-8-5-19(13-24(23)30-27)16-31-11-3-4-12-31/h5-10,13-14,18H,3-4,11-12,15-17H2,1-2H3,(H,29,30). The molecule has 1 saturated heterocycles. The molecule has 3 heterocycles. The largest absolute Gasteiger partial charge is 0.493 e. The van der Waals surface area contributed by atoms with Crippen LogP contribution >= 0.6 is 11.6 Å². The molecule has 0 spiro atoms. The number of halogens is 1. The summed E-state index contributed by atoms with van der Waals surface area (Å²) in [5.74, 6) is 3.62. The van der Waals surface area contributed by atoms with Crippen LogP contribution in [0.25, 0.3) is 22.6 Å². The van der Waals surface area contributed by atoms with Gasteiger partial charge in [-0.25, -0.2) is 4.98 Å². The molecular formula is C27H30ClN3O2. The summed E-state index contributed by atoms with van der Waals surface area (Å²) < 4.78 is 12.2. The van der Waals surface area contributed by atoms with E-state index >= 15 is 0 Å². The van der Waals surface area contributed by atoms with Gasteiger partial charge in [0.15, 0.2) is 11.6 Å². The summed E-state index contributed by atoms with van der Waals surface area (Å²) in [4.78, 5) is 10.7. The molecule has 6 heteroatoms. The molecule has 0 aliphatic carbocycles.